The summed E-state index contributed by atoms with van der Waals surface area (Å²) in [5, 5.41) is 4.05. The molecule has 0 amide bonds. The molecule has 0 atom stereocenters. The van der Waals surface area contributed by atoms with Crippen molar-refractivity contribution in [3.63, 3.8) is 0 Å². The van der Waals surface area contributed by atoms with Gasteiger partial charge in [0.1, 0.15) is 17.3 Å². The van der Waals surface area contributed by atoms with E-state index in [0.717, 1.165) is 35.7 Å². The van der Waals surface area contributed by atoms with E-state index in [-0.39, 0.29) is 0 Å². The number of aromatic nitrogens is 1. The second-order valence-electron chi connectivity index (χ2n) is 4.72. The monoisotopic (exact) mass is 286 g/mol. The molecule has 1 aliphatic heterocycles. The zero-order valence-corrected chi connectivity index (χ0v) is 12.4. The molecule has 0 bridgehead atoms. The molecule has 1 aromatic carbocycles. The van der Waals surface area contributed by atoms with E-state index in [1.54, 1.807) is 11.8 Å². The molecule has 0 spiro atoms. The smallest absolute Gasteiger partial charge is 0.137 e. The van der Waals surface area contributed by atoms with Gasteiger partial charge in [-0.25, -0.2) is 0 Å². The van der Waals surface area contributed by atoms with E-state index in [0.29, 0.717) is 5.76 Å². The molecule has 0 unspecified atom stereocenters. The number of thioether (sulfide) groups is 1. The third-order valence-corrected chi connectivity index (χ3v) is 4.13. The molecule has 3 rings (SSSR count). The topological polar surface area (TPSA) is 41.6 Å². The van der Waals surface area contributed by atoms with Crippen molar-refractivity contribution < 1.29 is 4.52 Å². The van der Waals surface area contributed by atoms with Gasteiger partial charge in [0.15, 0.2) is 0 Å². The largest absolute Gasteiger partial charge is 0.361 e. The minimum atomic E-state index is 0.580. The maximum atomic E-state index is 5.06. The van der Waals surface area contributed by atoms with Crippen LogP contribution in [-0.4, -0.2) is 42.3 Å². The molecule has 103 valence electrons. The number of nitrogens with zero attached hydrogens (tertiary/aromatic N) is 3. The van der Waals surface area contributed by atoms with Gasteiger partial charge in [-0.3, -0.25) is 4.99 Å². The maximum Gasteiger partial charge on any atom is 0.137 e. The quantitative estimate of drug-likeness (QED) is 0.814. The van der Waals surface area contributed by atoms with Crippen molar-refractivity contribution in [1.82, 2.24) is 10.1 Å². The number of amidine groups is 1. The lowest BCUT2D eigenvalue weighted by molar-refractivity contribution is 0.409. The lowest BCUT2D eigenvalue weighted by Gasteiger charge is -2.15. The highest BCUT2D eigenvalue weighted by Gasteiger charge is 2.17. The summed E-state index contributed by atoms with van der Waals surface area (Å²) in [4.78, 5) is 7.91. The van der Waals surface area contributed by atoms with Crippen molar-refractivity contribution in [2.24, 2.45) is 4.99 Å². The molecule has 0 saturated heterocycles. The third-order valence-electron chi connectivity index (χ3n) is 3.35. The Morgan fingerprint density at radius 1 is 1.35 bits per heavy atom. The predicted octanol–water partition coefficient (Wildman–Crippen LogP) is 2.94. The molecule has 1 aromatic heterocycles. The van der Waals surface area contributed by atoms with Crippen molar-refractivity contribution in [1.29, 1.82) is 0 Å². The SMILES string of the molecule is [CH2]c1cc(-c2ccc(C3=NCCN3C)cc2SC)no1. The Kier molecular flexibility index (Phi) is 3.53. The Morgan fingerprint density at radius 2 is 2.20 bits per heavy atom. The van der Waals surface area contributed by atoms with Crippen molar-refractivity contribution in [3.8, 4) is 11.3 Å². The highest BCUT2D eigenvalue weighted by atomic mass is 32.2. The molecule has 0 saturated carbocycles. The van der Waals surface area contributed by atoms with Crippen LogP contribution in [0.2, 0.25) is 0 Å². The van der Waals surface area contributed by atoms with Gasteiger partial charge in [-0.2, -0.15) is 0 Å². The number of benzene rings is 1. The van der Waals surface area contributed by atoms with Crippen LogP contribution in [0.15, 0.2) is 38.7 Å². The van der Waals surface area contributed by atoms with Crippen LogP contribution < -0.4 is 0 Å². The van der Waals surface area contributed by atoms with E-state index in [1.165, 1.54) is 4.90 Å². The fourth-order valence-electron chi connectivity index (χ4n) is 2.33. The summed E-state index contributed by atoms with van der Waals surface area (Å²) in [5.74, 6) is 1.64. The number of hydrogen-bond acceptors (Lipinski definition) is 5. The third kappa shape index (κ3) is 2.33. The Balaban J connectivity index is 2.02. The summed E-state index contributed by atoms with van der Waals surface area (Å²) >= 11 is 1.70. The Morgan fingerprint density at radius 3 is 2.80 bits per heavy atom. The standard InChI is InChI=1S/C15H16N3OS/c1-10-8-13(17-19-10)12-5-4-11(9-14(12)20-3)15-16-6-7-18(15)2/h4-5,8-9H,1,6-7H2,2-3H3. The highest BCUT2D eigenvalue weighted by molar-refractivity contribution is 7.98. The molecular weight excluding hydrogens is 270 g/mol. The lowest BCUT2D eigenvalue weighted by Crippen LogP contribution is -2.23. The van der Waals surface area contributed by atoms with E-state index in [4.69, 9.17) is 4.52 Å². The normalized spacial score (nSPS) is 14.8. The summed E-state index contributed by atoms with van der Waals surface area (Å²) in [6.07, 6.45) is 2.06. The van der Waals surface area contributed by atoms with E-state index >= 15 is 0 Å². The summed E-state index contributed by atoms with van der Waals surface area (Å²) in [6.45, 7) is 5.61. The van der Waals surface area contributed by atoms with Crippen LogP contribution in [0.4, 0.5) is 0 Å². The minimum absolute atomic E-state index is 0.580. The van der Waals surface area contributed by atoms with Gasteiger partial charge in [0.05, 0.1) is 6.54 Å². The number of aliphatic imine (C=N–C) groups is 1. The van der Waals surface area contributed by atoms with Crippen molar-refractivity contribution in [3.05, 3.63) is 42.5 Å². The average molecular weight is 286 g/mol. The number of rotatable bonds is 3. The maximum absolute atomic E-state index is 5.06. The van der Waals surface area contributed by atoms with Crippen LogP contribution in [0, 0.1) is 6.92 Å². The summed E-state index contributed by atoms with van der Waals surface area (Å²) < 4.78 is 5.06. The fourth-order valence-corrected chi connectivity index (χ4v) is 2.96. The van der Waals surface area contributed by atoms with Gasteiger partial charge in [-0.1, -0.05) is 17.3 Å². The van der Waals surface area contributed by atoms with Crippen LogP contribution in [0.1, 0.15) is 11.3 Å². The van der Waals surface area contributed by atoms with Crippen molar-refractivity contribution in [2.45, 2.75) is 4.90 Å². The van der Waals surface area contributed by atoms with Crippen molar-refractivity contribution in [2.75, 3.05) is 26.4 Å². The van der Waals surface area contributed by atoms with Crippen molar-refractivity contribution >= 4 is 17.6 Å². The van der Waals surface area contributed by atoms with E-state index < -0.39 is 0 Å². The molecular formula is C15H16N3OS. The molecule has 5 heteroatoms. The second kappa shape index (κ2) is 5.32. The first kappa shape index (κ1) is 13.2. The van der Waals surface area contributed by atoms with E-state index in [9.17, 15) is 0 Å². The number of likely N-dealkylation sites (N-methyl/N-ethyl adjacent to an activating group) is 1. The van der Waals surface area contributed by atoms with E-state index in [1.807, 2.05) is 6.07 Å². The molecule has 20 heavy (non-hydrogen) atoms. The van der Waals surface area contributed by atoms with Crippen LogP contribution in [0.25, 0.3) is 11.3 Å². The Hall–Kier alpha value is -1.75. The summed E-state index contributed by atoms with van der Waals surface area (Å²) in [7, 11) is 2.07. The summed E-state index contributed by atoms with van der Waals surface area (Å²) in [5.41, 5.74) is 3.05. The zero-order chi connectivity index (χ0) is 14.1. The van der Waals surface area contributed by atoms with Gasteiger partial charge < -0.3 is 9.42 Å². The molecule has 2 aromatic rings. The lowest BCUT2D eigenvalue weighted by atomic mass is 10.1. The Bertz CT molecular complexity index is 663. The fraction of sp³-hybridized carbons (Fsp3) is 0.267. The second-order valence-corrected chi connectivity index (χ2v) is 5.57. The molecule has 0 aliphatic carbocycles. The van der Waals surface area contributed by atoms with Crippen LogP contribution in [0.5, 0.6) is 0 Å². The first-order valence-corrected chi connectivity index (χ1v) is 7.64. The molecule has 0 fully saturated rings. The van der Waals surface area contributed by atoms with Gasteiger partial charge in [0, 0.05) is 42.6 Å². The first-order chi connectivity index (χ1) is 9.69. The van der Waals surface area contributed by atoms with Crippen LogP contribution >= 0.6 is 11.8 Å². The van der Waals surface area contributed by atoms with Crippen LogP contribution in [0.3, 0.4) is 0 Å². The van der Waals surface area contributed by atoms with Gasteiger partial charge in [0.2, 0.25) is 0 Å². The molecule has 4 nitrogen and oxygen atoms in total. The predicted molar refractivity (Wildman–Crippen MR) is 82.2 cm³/mol. The molecule has 1 aliphatic rings. The van der Waals surface area contributed by atoms with Gasteiger partial charge in [0.25, 0.3) is 0 Å². The first-order valence-electron chi connectivity index (χ1n) is 6.42. The molecule has 2 heterocycles. The molecule has 0 N–H and O–H groups in total. The summed E-state index contributed by atoms with van der Waals surface area (Å²) in [6, 6.07) is 8.19. The zero-order valence-electron chi connectivity index (χ0n) is 11.6. The van der Waals surface area contributed by atoms with Crippen LogP contribution in [-0.2, 0) is 0 Å². The van der Waals surface area contributed by atoms with Gasteiger partial charge in [-0.05, 0) is 12.3 Å². The minimum Gasteiger partial charge on any atom is -0.361 e. The van der Waals surface area contributed by atoms with Gasteiger partial charge >= 0.3 is 0 Å². The molecule has 1 radical (unpaired) electrons. The number of hydrogen-bond donors (Lipinski definition) is 0. The van der Waals surface area contributed by atoms with Gasteiger partial charge in [-0.15, -0.1) is 11.8 Å². The average Bonchev–Trinajstić information content (AvgIpc) is 3.06. The Labute approximate surface area is 122 Å². The highest BCUT2D eigenvalue weighted by Crippen LogP contribution is 2.31. The van der Waals surface area contributed by atoms with E-state index in [2.05, 4.69) is 53.5 Å².